The number of carbonyl (C=O) groups excluding carboxylic acids is 1. The molecule has 0 bridgehead atoms. The standard InChI is InChI=1S/C17H25NO3/c1-14-5-2-3-6-15(14)21-12-4-7-16(20)18-13-17(8-9-17)10-11-19/h2-3,5-6,19H,4,7-13H2,1H3,(H,18,20). The van der Waals surface area contributed by atoms with Crippen LogP contribution in [-0.2, 0) is 4.79 Å². The van der Waals surface area contributed by atoms with Crippen molar-refractivity contribution in [3.8, 4) is 5.75 Å². The van der Waals surface area contributed by atoms with Crippen LogP contribution in [0, 0.1) is 12.3 Å². The molecular formula is C17H25NO3. The van der Waals surface area contributed by atoms with E-state index in [1.807, 2.05) is 31.2 Å². The van der Waals surface area contributed by atoms with Gasteiger partial charge < -0.3 is 15.2 Å². The SMILES string of the molecule is Cc1ccccc1OCCCC(=O)NCC1(CCO)CC1. The average molecular weight is 291 g/mol. The minimum absolute atomic E-state index is 0.0765. The van der Waals surface area contributed by atoms with Crippen LogP contribution in [-0.4, -0.2) is 30.8 Å². The van der Waals surface area contributed by atoms with Gasteiger partial charge in [-0.1, -0.05) is 18.2 Å². The van der Waals surface area contributed by atoms with Gasteiger partial charge in [-0.05, 0) is 49.7 Å². The number of carbonyl (C=O) groups is 1. The number of rotatable bonds is 9. The number of hydrogen-bond donors (Lipinski definition) is 2. The smallest absolute Gasteiger partial charge is 0.220 e. The summed E-state index contributed by atoms with van der Waals surface area (Å²) in [5, 5.41) is 12.0. The van der Waals surface area contributed by atoms with Crippen LogP contribution in [0.4, 0.5) is 0 Å². The molecule has 2 N–H and O–H groups in total. The van der Waals surface area contributed by atoms with Crippen LogP contribution in [0.2, 0.25) is 0 Å². The van der Waals surface area contributed by atoms with E-state index in [0.717, 1.165) is 30.6 Å². The molecule has 21 heavy (non-hydrogen) atoms. The first-order valence-electron chi connectivity index (χ1n) is 7.71. The monoisotopic (exact) mass is 291 g/mol. The van der Waals surface area contributed by atoms with Crippen LogP contribution >= 0.6 is 0 Å². The highest BCUT2D eigenvalue weighted by molar-refractivity contribution is 5.75. The van der Waals surface area contributed by atoms with Crippen molar-refractivity contribution in [2.75, 3.05) is 19.8 Å². The first-order valence-corrected chi connectivity index (χ1v) is 7.71. The van der Waals surface area contributed by atoms with Crippen molar-refractivity contribution in [3.63, 3.8) is 0 Å². The maximum Gasteiger partial charge on any atom is 0.220 e. The Labute approximate surface area is 126 Å². The largest absolute Gasteiger partial charge is 0.493 e. The van der Waals surface area contributed by atoms with E-state index in [4.69, 9.17) is 9.84 Å². The molecule has 0 atom stereocenters. The van der Waals surface area contributed by atoms with Crippen LogP contribution in [0.15, 0.2) is 24.3 Å². The third-order valence-corrected chi connectivity index (χ3v) is 4.16. The lowest BCUT2D eigenvalue weighted by molar-refractivity contribution is -0.121. The molecule has 4 nitrogen and oxygen atoms in total. The fourth-order valence-corrected chi connectivity index (χ4v) is 2.44. The minimum atomic E-state index is 0.0765. The lowest BCUT2D eigenvalue weighted by Gasteiger charge is -2.14. The fourth-order valence-electron chi connectivity index (χ4n) is 2.44. The molecule has 1 saturated carbocycles. The van der Waals surface area contributed by atoms with Gasteiger partial charge in [0.05, 0.1) is 6.61 Å². The molecule has 0 spiro atoms. The quantitative estimate of drug-likeness (QED) is 0.687. The molecule has 0 unspecified atom stereocenters. The topological polar surface area (TPSA) is 58.6 Å². The zero-order chi connectivity index (χ0) is 15.1. The molecule has 0 radical (unpaired) electrons. The van der Waals surface area contributed by atoms with E-state index in [0.29, 0.717) is 26.0 Å². The lowest BCUT2D eigenvalue weighted by atomic mass is 10.0. The van der Waals surface area contributed by atoms with E-state index in [2.05, 4.69) is 5.32 Å². The van der Waals surface area contributed by atoms with Gasteiger partial charge in [0.15, 0.2) is 0 Å². The second-order valence-electron chi connectivity index (χ2n) is 5.97. The summed E-state index contributed by atoms with van der Waals surface area (Å²) in [4.78, 5) is 11.8. The maximum absolute atomic E-state index is 11.8. The van der Waals surface area contributed by atoms with Gasteiger partial charge in [0.1, 0.15) is 5.75 Å². The van der Waals surface area contributed by atoms with Crippen LogP contribution in [0.25, 0.3) is 0 Å². The third-order valence-electron chi connectivity index (χ3n) is 4.16. The van der Waals surface area contributed by atoms with Gasteiger partial charge in [0.2, 0.25) is 5.91 Å². The van der Waals surface area contributed by atoms with Gasteiger partial charge in [0.25, 0.3) is 0 Å². The zero-order valence-electron chi connectivity index (χ0n) is 12.7. The summed E-state index contributed by atoms with van der Waals surface area (Å²) in [6.45, 7) is 3.48. The van der Waals surface area contributed by atoms with Crippen molar-refractivity contribution < 1.29 is 14.6 Å². The van der Waals surface area contributed by atoms with Gasteiger partial charge in [-0.2, -0.15) is 0 Å². The number of aliphatic hydroxyl groups is 1. The van der Waals surface area contributed by atoms with Crippen molar-refractivity contribution in [2.45, 2.75) is 39.0 Å². The number of aryl methyl sites for hydroxylation is 1. The predicted molar refractivity (Wildman–Crippen MR) is 82.3 cm³/mol. The predicted octanol–water partition coefficient (Wildman–Crippen LogP) is 2.43. The van der Waals surface area contributed by atoms with Crippen molar-refractivity contribution in [1.82, 2.24) is 5.32 Å². The molecular weight excluding hydrogens is 266 g/mol. The van der Waals surface area contributed by atoms with Crippen LogP contribution in [0.5, 0.6) is 5.75 Å². The van der Waals surface area contributed by atoms with E-state index < -0.39 is 0 Å². The molecule has 0 saturated heterocycles. The summed E-state index contributed by atoms with van der Waals surface area (Å²) >= 11 is 0. The summed E-state index contributed by atoms with van der Waals surface area (Å²) in [5.74, 6) is 0.963. The molecule has 0 aliphatic heterocycles. The van der Waals surface area contributed by atoms with Crippen molar-refractivity contribution in [2.24, 2.45) is 5.41 Å². The van der Waals surface area contributed by atoms with Gasteiger partial charge in [-0.15, -0.1) is 0 Å². The second kappa shape index (κ2) is 7.46. The van der Waals surface area contributed by atoms with E-state index in [9.17, 15) is 4.79 Å². The van der Waals surface area contributed by atoms with E-state index >= 15 is 0 Å². The number of nitrogens with one attached hydrogen (secondary N) is 1. The lowest BCUT2D eigenvalue weighted by Crippen LogP contribution is -2.30. The molecule has 116 valence electrons. The minimum Gasteiger partial charge on any atom is -0.493 e. The molecule has 4 heteroatoms. The van der Waals surface area contributed by atoms with Gasteiger partial charge in [-0.3, -0.25) is 4.79 Å². The highest BCUT2D eigenvalue weighted by Gasteiger charge is 2.41. The zero-order valence-corrected chi connectivity index (χ0v) is 12.7. The molecule has 1 fully saturated rings. The number of benzene rings is 1. The molecule has 1 aliphatic carbocycles. The highest BCUT2D eigenvalue weighted by atomic mass is 16.5. The average Bonchev–Trinajstić information content (AvgIpc) is 3.24. The van der Waals surface area contributed by atoms with Crippen LogP contribution < -0.4 is 10.1 Å². The van der Waals surface area contributed by atoms with E-state index in [-0.39, 0.29) is 17.9 Å². The Morgan fingerprint density at radius 3 is 2.81 bits per heavy atom. The first kappa shape index (κ1) is 15.8. The van der Waals surface area contributed by atoms with E-state index in [1.165, 1.54) is 0 Å². The normalized spacial score (nSPS) is 15.5. The molecule has 1 aromatic carbocycles. The fraction of sp³-hybridized carbons (Fsp3) is 0.588. The molecule has 1 amide bonds. The second-order valence-corrected chi connectivity index (χ2v) is 5.97. The number of aliphatic hydroxyl groups excluding tert-OH is 1. The molecule has 2 rings (SSSR count). The van der Waals surface area contributed by atoms with Gasteiger partial charge in [0, 0.05) is 19.6 Å². The van der Waals surface area contributed by atoms with Crippen LogP contribution in [0.3, 0.4) is 0 Å². The Bertz CT molecular complexity index is 469. The summed E-state index contributed by atoms with van der Waals surface area (Å²) in [5.41, 5.74) is 1.30. The Morgan fingerprint density at radius 2 is 2.14 bits per heavy atom. The van der Waals surface area contributed by atoms with Crippen molar-refractivity contribution in [1.29, 1.82) is 0 Å². The summed E-state index contributed by atoms with van der Waals surface area (Å²) in [7, 11) is 0. The molecule has 0 aromatic heterocycles. The Kier molecular flexibility index (Phi) is 5.62. The number of amides is 1. The van der Waals surface area contributed by atoms with Crippen LogP contribution in [0.1, 0.15) is 37.7 Å². The van der Waals surface area contributed by atoms with Gasteiger partial charge in [-0.25, -0.2) is 0 Å². The van der Waals surface area contributed by atoms with Crippen molar-refractivity contribution in [3.05, 3.63) is 29.8 Å². The summed E-state index contributed by atoms with van der Waals surface area (Å²) < 4.78 is 5.67. The van der Waals surface area contributed by atoms with E-state index in [1.54, 1.807) is 0 Å². The van der Waals surface area contributed by atoms with Crippen molar-refractivity contribution >= 4 is 5.91 Å². The summed E-state index contributed by atoms with van der Waals surface area (Å²) in [6, 6.07) is 7.89. The Hall–Kier alpha value is -1.55. The summed E-state index contributed by atoms with van der Waals surface area (Å²) in [6.07, 6.45) is 4.23. The number of hydrogen-bond acceptors (Lipinski definition) is 3. The molecule has 1 aromatic rings. The van der Waals surface area contributed by atoms with Gasteiger partial charge >= 0.3 is 0 Å². The third kappa shape index (κ3) is 5.05. The Morgan fingerprint density at radius 1 is 1.38 bits per heavy atom. The number of para-hydroxylation sites is 1. The first-order chi connectivity index (χ1) is 10.2. The number of ether oxygens (including phenoxy) is 1. The molecule has 0 heterocycles. The Balaban J connectivity index is 1.58. The maximum atomic E-state index is 11.8. The molecule has 1 aliphatic rings. The highest BCUT2D eigenvalue weighted by Crippen LogP contribution is 2.47.